The summed E-state index contributed by atoms with van der Waals surface area (Å²) in [5, 5.41) is 0. The highest BCUT2D eigenvalue weighted by molar-refractivity contribution is 5.83. The number of imidazole rings is 1. The van der Waals surface area contributed by atoms with Gasteiger partial charge in [-0.3, -0.25) is 0 Å². The summed E-state index contributed by atoms with van der Waals surface area (Å²) in [7, 11) is 0. The molecule has 1 heterocycles. The van der Waals surface area contributed by atoms with Gasteiger partial charge in [-0.1, -0.05) is 24.3 Å². The highest BCUT2D eigenvalue weighted by Gasteiger charge is 2.12. The molecule has 3 heteroatoms. The maximum Gasteiger partial charge on any atom is 0.143 e. The lowest BCUT2D eigenvalue weighted by Crippen LogP contribution is -1.99. The summed E-state index contributed by atoms with van der Waals surface area (Å²) in [5.41, 5.74) is 9.97. The monoisotopic (exact) mass is 237 g/mol. The summed E-state index contributed by atoms with van der Waals surface area (Å²) in [4.78, 5) is 4.70. The van der Waals surface area contributed by atoms with E-state index < -0.39 is 0 Å². The number of rotatable bonds is 2. The van der Waals surface area contributed by atoms with Crippen LogP contribution >= 0.6 is 0 Å². The van der Waals surface area contributed by atoms with Crippen LogP contribution < -0.4 is 5.73 Å². The van der Waals surface area contributed by atoms with Crippen LogP contribution in [0.15, 0.2) is 48.5 Å². The molecule has 0 aliphatic heterocycles. The maximum atomic E-state index is 6.04. The van der Waals surface area contributed by atoms with Gasteiger partial charge in [-0.05, 0) is 31.2 Å². The number of aryl methyl sites for hydroxylation is 1. The number of para-hydroxylation sites is 3. The summed E-state index contributed by atoms with van der Waals surface area (Å²) in [6.45, 7) is 3.00. The molecule has 3 nitrogen and oxygen atoms in total. The van der Waals surface area contributed by atoms with Crippen molar-refractivity contribution in [1.82, 2.24) is 9.55 Å². The molecule has 0 unspecified atom stereocenters. The molecule has 0 aliphatic carbocycles. The van der Waals surface area contributed by atoms with Crippen LogP contribution in [0.2, 0.25) is 0 Å². The lowest BCUT2D eigenvalue weighted by atomic mass is 10.1. The number of hydrogen-bond acceptors (Lipinski definition) is 2. The molecular formula is C15H15N3. The normalized spacial score (nSPS) is 10.9. The summed E-state index contributed by atoms with van der Waals surface area (Å²) in [6, 6.07) is 16.0. The minimum Gasteiger partial charge on any atom is -0.398 e. The molecular weight excluding hydrogens is 222 g/mol. The molecule has 2 aromatic carbocycles. The summed E-state index contributed by atoms with van der Waals surface area (Å²) >= 11 is 0. The zero-order chi connectivity index (χ0) is 12.5. The van der Waals surface area contributed by atoms with E-state index in [-0.39, 0.29) is 0 Å². The van der Waals surface area contributed by atoms with E-state index in [0.717, 1.165) is 34.7 Å². The smallest absolute Gasteiger partial charge is 0.143 e. The molecule has 0 aliphatic rings. The van der Waals surface area contributed by atoms with Gasteiger partial charge in [-0.25, -0.2) is 4.98 Å². The van der Waals surface area contributed by atoms with Crippen LogP contribution in [0.3, 0.4) is 0 Å². The Morgan fingerprint density at radius 3 is 2.56 bits per heavy atom. The van der Waals surface area contributed by atoms with Crippen LogP contribution in [0.1, 0.15) is 6.92 Å². The highest BCUT2D eigenvalue weighted by atomic mass is 15.1. The Bertz CT molecular complexity index is 698. The SMILES string of the molecule is CCn1c(-c2ccccc2N)nc2ccccc21. The molecule has 0 amide bonds. The minimum atomic E-state index is 0.766. The Morgan fingerprint density at radius 2 is 1.78 bits per heavy atom. The standard InChI is InChI=1S/C15H15N3/c1-2-18-14-10-6-5-9-13(14)17-15(18)11-7-3-4-8-12(11)16/h3-10H,2,16H2,1H3. The Balaban J connectivity index is 2.32. The molecule has 18 heavy (non-hydrogen) atoms. The number of nitrogen functional groups attached to an aromatic ring is 1. The van der Waals surface area contributed by atoms with Gasteiger partial charge < -0.3 is 10.3 Å². The fourth-order valence-corrected chi connectivity index (χ4v) is 2.30. The van der Waals surface area contributed by atoms with Crippen LogP contribution in [-0.4, -0.2) is 9.55 Å². The number of aromatic nitrogens is 2. The van der Waals surface area contributed by atoms with Gasteiger partial charge in [0.2, 0.25) is 0 Å². The van der Waals surface area contributed by atoms with E-state index in [0.29, 0.717) is 0 Å². The molecule has 0 saturated heterocycles. The van der Waals surface area contributed by atoms with Gasteiger partial charge in [0.1, 0.15) is 5.82 Å². The Labute approximate surface area is 106 Å². The van der Waals surface area contributed by atoms with Gasteiger partial charge in [0, 0.05) is 17.8 Å². The van der Waals surface area contributed by atoms with Crippen molar-refractivity contribution in [1.29, 1.82) is 0 Å². The molecule has 0 fully saturated rings. The molecule has 0 radical (unpaired) electrons. The molecule has 0 atom stereocenters. The van der Waals surface area contributed by atoms with E-state index in [1.807, 2.05) is 42.5 Å². The predicted molar refractivity (Wildman–Crippen MR) is 75.3 cm³/mol. The van der Waals surface area contributed by atoms with E-state index in [4.69, 9.17) is 10.7 Å². The van der Waals surface area contributed by atoms with Crippen molar-refractivity contribution >= 4 is 16.7 Å². The third-order valence-electron chi connectivity index (χ3n) is 3.17. The average Bonchev–Trinajstić information content (AvgIpc) is 2.77. The molecule has 2 N–H and O–H groups in total. The predicted octanol–water partition coefficient (Wildman–Crippen LogP) is 3.31. The Morgan fingerprint density at radius 1 is 1.06 bits per heavy atom. The average molecular weight is 237 g/mol. The van der Waals surface area contributed by atoms with Gasteiger partial charge in [0.25, 0.3) is 0 Å². The quantitative estimate of drug-likeness (QED) is 0.695. The molecule has 0 spiro atoms. The van der Waals surface area contributed by atoms with E-state index in [2.05, 4.69) is 17.6 Å². The third kappa shape index (κ3) is 1.56. The fraction of sp³-hybridized carbons (Fsp3) is 0.133. The molecule has 90 valence electrons. The number of nitrogens with zero attached hydrogens (tertiary/aromatic N) is 2. The Kier molecular flexibility index (Phi) is 2.52. The van der Waals surface area contributed by atoms with Crippen molar-refractivity contribution in [2.45, 2.75) is 13.5 Å². The molecule has 3 aromatic rings. The molecule has 0 saturated carbocycles. The third-order valence-corrected chi connectivity index (χ3v) is 3.17. The second-order valence-corrected chi connectivity index (χ2v) is 4.26. The molecule has 3 rings (SSSR count). The van der Waals surface area contributed by atoms with Gasteiger partial charge in [0.15, 0.2) is 0 Å². The number of anilines is 1. The van der Waals surface area contributed by atoms with Crippen LogP contribution in [-0.2, 0) is 6.54 Å². The highest BCUT2D eigenvalue weighted by Crippen LogP contribution is 2.28. The first-order valence-electron chi connectivity index (χ1n) is 6.11. The van der Waals surface area contributed by atoms with Crippen molar-refractivity contribution < 1.29 is 0 Å². The molecule has 0 bridgehead atoms. The second-order valence-electron chi connectivity index (χ2n) is 4.26. The largest absolute Gasteiger partial charge is 0.398 e. The minimum absolute atomic E-state index is 0.766. The fourth-order valence-electron chi connectivity index (χ4n) is 2.30. The van der Waals surface area contributed by atoms with Crippen molar-refractivity contribution in [3.8, 4) is 11.4 Å². The van der Waals surface area contributed by atoms with Crippen LogP contribution in [0.25, 0.3) is 22.4 Å². The van der Waals surface area contributed by atoms with E-state index in [9.17, 15) is 0 Å². The van der Waals surface area contributed by atoms with Crippen LogP contribution in [0, 0.1) is 0 Å². The van der Waals surface area contributed by atoms with Crippen LogP contribution in [0.4, 0.5) is 5.69 Å². The van der Waals surface area contributed by atoms with Crippen molar-refractivity contribution in [3.05, 3.63) is 48.5 Å². The van der Waals surface area contributed by atoms with Crippen LogP contribution in [0.5, 0.6) is 0 Å². The first-order valence-corrected chi connectivity index (χ1v) is 6.11. The first kappa shape index (κ1) is 10.8. The lowest BCUT2D eigenvalue weighted by Gasteiger charge is -2.08. The second kappa shape index (κ2) is 4.18. The number of fused-ring (bicyclic) bond motifs is 1. The maximum absolute atomic E-state index is 6.04. The summed E-state index contributed by atoms with van der Waals surface area (Å²) in [5.74, 6) is 0.941. The van der Waals surface area contributed by atoms with E-state index in [1.54, 1.807) is 0 Å². The van der Waals surface area contributed by atoms with Crippen molar-refractivity contribution in [2.24, 2.45) is 0 Å². The number of benzene rings is 2. The topological polar surface area (TPSA) is 43.8 Å². The first-order chi connectivity index (χ1) is 8.81. The summed E-state index contributed by atoms with van der Waals surface area (Å²) < 4.78 is 2.20. The number of nitrogens with two attached hydrogens (primary N) is 1. The van der Waals surface area contributed by atoms with E-state index in [1.165, 1.54) is 0 Å². The zero-order valence-corrected chi connectivity index (χ0v) is 10.3. The summed E-state index contributed by atoms with van der Waals surface area (Å²) in [6.07, 6.45) is 0. The van der Waals surface area contributed by atoms with Crippen molar-refractivity contribution in [3.63, 3.8) is 0 Å². The van der Waals surface area contributed by atoms with Crippen molar-refractivity contribution in [2.75, 3.05) is 5.73 Å². The number of hydrogen-bond donors (Lipinski definition) is 1. The van der Waals surface area contributed by atoms with Gasteiger partial charge >= 0.3 is 0 Å². The van der Waals surface area contributed by atoms with Gasteiger partial charge in [0.05, 0.1) is 11.0 Å². The van der Waals surface area contributed by atoms with Gasteiger partial charge in [-0.15, -0.1) is 0 Å². The van der Waals surface area contributed by atoms with Gasteiger partial charge in [-0.2, -0.15) is 0 Å². The zero-order valence-electron chi connectivity index (χ0n) is 10.3. The van der Waals surface area contributed by atoms with E-state index >= 15 is 0 Å². The Hall–Kier alpha value is -2.29. The molecule has 1 aromatic heterocycles. The lowest BCUT2D eigenvalue weighted by molar-refractivity contribution is 0.796.